The van der Waals surface area contributed by atoms with Crippen LogP contribution in [0.1, 0.15) is 32.1 Å². The summed E-state index contributed by atoms with van der Waals surface area (Å²) >= 11 is 0. The van der Waals surface area contributed by atoms with Crippen LogP contribution in [0, 0.1) is 0 Å². The molecule has 2 N–H and O–H groups in total. The van der Waals surface area contributed by atoms with Gasteiger partial charge in [0.2, 0.25) is 0 Å². The molecule has 2 heterocycles. The van der Waals surface area contributed by atoms with Gasteiger partial charge in [-0.25, -0.2) is 9.97 Å². The predicted octanol–water partition coefficient (Wildman–Crippen LogP) is 2.96. The van der Waals surface area contributed by atoms with E-state index < -0.39 is 0 Å². The third-order valence-electron chi connectivity index (χ3n) is 3.59. The molecule has 3 rings (SSSR count). The quantitative estimate of drug-likeness (QED) is 0.786. The third-order valence-corrected chi connectivity index (χ3v) is 3.59. The van der Waals surface area contributed by atoms with E-state index in [1.54, 1.807) is 4.73 Å². The minimum Gasteiger partial charge on any atom is -0.411 e. The van der Waals surface area contributed by atoms with Crippen LogP contribution in [0.2, 0.25) is 0 Å². The number of aromatic nitrogens is 3. The molecule has 0 radical (unpaired) electrons. The zero-order valence-corrected chi connectivity index (χ0v) is 12.9. The number of nitrogens with two attached hydrogens (primary N) is 1. The van der Waals surface area contributed by atoms with Gasteiger partial charge in [-0.3, -0.25) is 0 Å². The molecule has 3 aromatic rings. The summed E-state index contributed by atoms with van der Waals surface area (Å²) in [4.78, 5) is 15.0. The van der Waals surface area contributed by atoms with Crippen molar-refractivity contribution in [2.45, 2.75) is 26.3 Å². The lowest BCUT2D eigenvalue weighted by atomic mass is 10.1. The molecule has 0 aliphatic heterocycles. The van der Waals surface area contributed by atoms with Crippen LogP contribution < -0.4 is 10.6 Å². The lowest BCUT2D eigenvalue weighted by Gasteiger charge is -2.12. The fourth-order valence-electron chi connectivity index (χ4n) is 2.40. The number of benzene rings is 1. The van der Waals surface area contributed by atoms with Gasteiger partial charge >= 0.3 is 0 Å². The second-order valence-corrected chi connectivity index (χ2v) is 5.10. The first kappa shape index (κ1) is 14.5. The summed E-state index contributed by atoms with van der Waals surface area (Å²) in [5.41, 5.74) is 9.61. The third kappa shape index (κ3) is 2.55. The van der Waals surface area contributed by atoms with Crippen LogP contribution in [0.15, 0.2) is 42.5 Å². The molecule has 2 aromatic heterocycles. The highest BCUT2D eigenvalue weighted by Gasteiger charge is 2.18. The van der Waals surface area contributed by atoms with Crippen molar-refractivity contribution < 1.29 is 4.84 Å². The molecule has 114 valence electrons. The first-order chi connectivity index (χ1) is 10.7. The lowest BCUT2D eigenvalue weighted by molar-refractivity contribution is 0.119. The van der Waals surface area contributed by atoms with Crippen LogP contribution in [0.3, 0.4) is 0 Å². The van der Waals surface area contributed by atoms with Crippen molar-refractivity contribution >= 4 is 11.2 Å². The fraction of sp³-hybridized carbons (Fsp3) is 0.294. The Morgan fingerprint density at radius 1 is 1.09 bits per heavy atom. The smallest absolute Gasteiger partial charge is 0.196 e. The molecular weight excluding hydrogens is 276 g/mol. The maximum Gasteiger partial charge on any atom is 0.196 e. The molecule has 0 aliphatic rings. The molecule has 5 heteroatoms. The van der Waals surface area contributed by atoms with Gasteiger partial charge in [0, 0.05) is 5.56 Å². The Hall–Kier alpha value is -2.40. The first-order valence-corrected chi connectivity index (χ1v) is 7.58. The molecule has 1 aromatic carbocycles. The molecule has 0 saturated carbocycles. The molecule has 1 unspecified atom stereocenters. The predicted molar refractivity (Wildman–Crippen MR) is 87.3 cm³/mol. The Kier molecular flexibility index (Phi) is 4.06. The zero-order valence-electron chi connectivity index (χ0n) is 12.9. The molecule has 0 bridgehead atoms. The molecule has 0 spiro atoms. The molecular formula is C17H20N4O. The second kappa shape index (κ2) is 6.15. The van der Waals surface area contributed by atoms with Crippen molar-refractivity contribution in [2.75, 3.05) is 6.61 Å². The monoisotopic (exact) mass is 296 g/mol. The number of rotatable bonds is 5. The van der Waals surface area contributed by atoms with Crippen molar-refractivity contribution in [3.8, 4) is 11.3 Å². The summed E-state index contributed by atoms with van der Waals surface area (Å²) in [5, 5.41) is 0. The van der Waals surface area contributed by atoms with Gasteiger partial charge < -0.3 is 10.6 Å². The maximum absolute atomic E-state index is 6.15. The zero-order chi connectivity index (χ0) is 15.5. The van der Waals surface area contributed by atoms with Gasteiger partial charge in [0.25, 0.3) is 0 Å². The highest BCUT2D eigenvalue weighted by Crippen LogP contribution is 2.23. The minimum atomic E-state index is -0.166. The number of fused-ring (bicyclic) bond motifs is 1. The Morgan fingerprint density at radius 2 is 1.86 bits per heavy atom. The van der Waals surface area contributed by atoms with Crippen molar-refractivity contribution in [3.05, 3.63) is 48.3 Å². The topological polar surface area (TPSA) is 66.0 Å². The van der Waals surface area contributed by atoms with Crippen LogP contribution in [-0.2, 0) is 0 Å². The molecule has 1 atom stereocenters. The van der Waals surface area contributed by atoms with Crippen LogP contribution in [0.25, 0.3) is 22.4 Å². The Labute approximate surface area is 129 Å². The van der Waals surface area contributed by atoms with Gasteiger partial charge in [0.05, 0.1) is 11.7 Å². The average Bonchev–Trinajstić information content (AvgIpc) is 2.93. The van der Waals surface area contributed by atoms with Gasteiger partial charge in [-0.2, -0.15) is 0 Å². The Bertz CT molecular complexity index is 767. The van der Waals surface area contributed by atoms with E-state index in [2.05, 4.69) is 4.98 Å². The molecule has 0 saturated heterocycles. The molecule has 0 aliphatic carbocycles. The molecule has 0 fully saturated rings. The van der Waals surface area contributed by atoms with Gasteiger partial charge in [-0.15, -0.1) is 4.73 Å². The first-order valence-electron chi connectivity index (χ1n) is 7.58. The Balaban J connectivity index is 2.16. The van der Waals surface area contributed by atoms with Crippen molar-refractivity contribution in [2.24, 2.45) is 5.73 Å². The van der Waals surface area contributed by atoms with Gasteiger partial charge in [0.15, 0.2) is 11.5 Å². The number of hydrogen-bond acceptors (Lipinski definition) is 4. The summed E-state index contributed by atoms with van der Waals surface area (Å²) in [7, 11) is 0. The molecule has 22 heavy (non-hydrogen) atoms. The van der Waals surface area contributed by atoms with Gasteiger partial charge in [0.1, 0.15) is 12.1 Å². The van der Waals surface area contributed by atoms with E-state index in [-0.39, 0.29) is 6.04 Å². The summed E-state index contributed by atoms with van der Waals surface area (Å²) in [5.74, 6) is 0.720. The number of pyridine rings is 1. The van der Waals surface area contributed by atoms with Crippen LogP contribution in [0.4, 0.5) is 0 Å². The van der Waals surface area contributed by atoms with E-state index in [4.69, 9.17) is 15.6 Å². The van der Waals surface area contributed by atoms with Crippen molar-refractivity contribution in [1.29, 1.82) is 0 Å². The van der Waals surface area contributed by atoms with E-state index in [1.165, 1.54) is 0 Å². The number of nitrogens with zero attached hydrogens (tertiary/aromatic N) is 3. The summed E-state index contributed by atoms with van der Waals surface area (Å²) in [6.45, 7) is 4.50. The van der Waals surface area contributed by atoms with Crippen LogP contribution in [0.5, 0.6) is 0 Å². The highest BCUT2D eigenvalue weighted by molar-refractivity contribution is 5.76. The molecule has 0 amide bonds. The summed E-state index contributed by atoms with van der Waals surface area (Å²) in [6.07, 6.45) is 0.794. The summed E-state index contributed by atoms with van der Waals surface area (Å²) < 4.78 is 1.68. The molecule has 5 nitrogen and oxygen atoms in total. The average molecular weight is 296 g/mol. The minimum absolute atomic E-state index is 0.166. The van der Waals surface area contributed by atoms with E-state index in [0.29, 0.717) is 12.3 Å². The van der Waals surface area contributed by atoms with Gasteiger partial charge in [-0.1, -0.05) is 37.3 Å². The van der Waals surface area contributed by atoms with E-state index in [1.807, 2.05) is 56.3 Å². The van der Waals surface area contributed by atoms with E-state index in [9.17, 15) is 0 Å². The number of hydrogen-bond donors (Lipinski definition) is 1. The van der Waals surface area contributed by atoms with Crippen LogP contribution >= 0.6 is 0 Å². The summed E-state index contributed by atoms with van der Waals surface area (Å²) in [6, 6.07) is 13.8. The highest BCUT2D eigenvalue weighted by atomic mass is 16.7. The normalized spacial score (nSPS) is 12.5. The number of imidazole rings is 1. The van der Waals surface area contributed by atoms with Crippen molar-refractivity contribution in [1.82, 2.24) is 14.7 Å². The SMILES string of the molecule is CCOn1c(C(N)CC)nc2ccc(-c3ccccc3)nc21. The fourth-order valence-corrected chi connectivity index (χ4v) is 2.40. The standard InChI is InChI=1S/C17H20N4O/c1-3-13(18)16-20-15-11-10-14(12-8-6-5-7-9-12)19-17(15)21(16)22-4-2/h5-11,13H,3-4,18H2,1-2H3. The van der Waals surface area contributed by atoms with Crippen LogP contribution in [-0.4, -0.2) is 21.3 Å². The largest absolute Gasteiger partial charge is 0.411 e. The second-order valence-electron chi connectivity index (χ2n) is 5.10. The Morgan fingerprint density at radius 3 is 2.55 bits per heavy atom. The van der Waals surface area contributed by atoms with E-state index in [0.717, 1.165) is 29.0 Å². The lowest BCUT2D eigenvalue weighted by Crippen LogP contribution is -2.21. The van der Waals surface area contributed by atoms with Crippen molar-refractivity contribution in [3.63, 3.8) is 0 Å². The van der Waals surface area contributed by atoms with Gasteiger partial charge in [-0.05, 0) is 25.5 Å². The van der Waals surface area contributed by atoms with E-state index >= 15 is 0 Å². The maximum atomic E-state index is 6.15.